The lowest BCUT2D eigenvalue weighted by Gasteiger charge is -2.11. The smallest absolute Gasteiger partial charge is 0.111 e. The van der Waals surface area contributed by atoms with Crippen LogP contribution in [-0.4, -0.2) is 16.1 Å². The second-order valence-corrected chi connectivity index (χ2v) is 4.10. The fourth-order valence-electron chi connectivity index (χ4n) is 2.32. The van der Waals surface area contributed by atoms with Gasteiger partial charge in [-0.25, -0.2) is 4.98 Å². The normalized spacial score (nSPS) is 17.8. The van der Waals surface area contributed by atoms with Crippen molar-refractivity contribution in [2.45, 2.75) is 44.6 Å². The zero-order valence-corrected chi connectivity index (χ0v) is 8.65. The minimum atomic E-state index is 0.711. The summed E-state index contributed by atoms with van der Waals surface area (Å²) < 4.78 is 2.28. The molecule has 1 aliphatic rings. The predicted molar refractivity (Wildman–Crippen MR) is 57.1 cm³/mol. The second kappa shape index (κ2) is 4.60. The minimum absolute atomic E-state index is 0.711. The first-order valence-electron chi connectivity index (χ1n) is 5.63. The Hall–Kier alpha value is -0.830. The van der Waals surface area contributed by atoms with Crippen LogP contribution in [0.4, 0.5) is 0 Å². The van der Waals surface area contributed by atoms with Crippen molar-refractivity contribution in [2.75, 3.05) is 6.54 Å². The van der Waals surface area contributed by atoms with Gasteiger partial charge in [0.2, 0.25) is 0 Å². The maximum absolute atomic E-state index is 5.51. The lowest BCUT2D eigenvalue weighted by molar-refractivity contribution is 0.565. The predicted octanol–water partition coefficient (Wildman–Crippen LogP) is 1.89. The lowest BCUT2D eigenvalue weighted by atomic mass is 10.1. The molecule has 1 aliphatic carbocycles. The van der Waals surface area contributed by atoms with E-state index in [9.17, 15) is 0 Å². The molecule has 14 heavy (non-hydrogen) atoms. The molecule has 1 aromatic heterocycles. The Kier molecular flexibility index (Phi) is 3.19. The number of aryl methyl sites for hydroxylation is 1. The van der Waals surface area contributed by atoms with Gasteiger partial charge in [0.1, 0.15) is 5.82 Å². The van der Waals surface area contributed by atoms with E-state index >= 15 is 0 Å². The summed E-state index contributed by atoms with van der Waals surface area (Å²) in [5.74, 6) is 2.00. The molecular weight excluding hydrogens is 174 g/mol. The van der Waals surface area contributed by atoms with Crippen molar-refractivity contribution in [3.63, 3.8) is 0 Å². The summed E-state index contributed by atoms with van der Waals surface area (Å²) in [6.45, 7) is 1.80. The number of rotatable bonds is 4. The van der Waals surface area contributed by atoms with E-state index in [-0.39, 0.29) is 0 Å². The third kappa shape index (κ3) is 1.98. The molecule has 3 nitrogen and oxygen atoms in total. The van der Waals surface area contributed by atoms with Crippen LogP contribution in [0.25, 0.3) is 0 Å². The molecule has 0 saturated heterocycles. The van der Waals surface area contributed by atoms with Gasteiger partial charge in [0.05, 0.1) is 0 Å². The van der Waals surface area contributed by atoms with Gasteiger partial charge in [-0.2, -0.15) is 0 Å². The number of hydrogen-bond acceptors (Lipinski definition) is 2. The summed E-state index contributed by atoms with van der Waals surface area (Å²) in [4.78, 5) is 4.47. The van der Waals surface area contributed by atoms with Crippen molar-refractivity contribution in [3.05, 3.63) is 18.2 Å². The van der Waals surface area contributed by atoms with E-state index in [0.29, 0.717) is 5.92 Å². The number of nitrogens with two attached hydrogens (primary N) is 1. The zero-order valence-electron chi connectivity index (χ0n) is 8.65. The van der Waals surface area contributed by atoms with E-state index in [0.717, 1.165) is 19.5 Å². The Morgan fingerprint density at radius 1 is 1.43 bits per heavy atom. The first-order chi connectivity index (χ1) is 6.92. The van der Waals surface area contributed by atoms with Crippen LogP contribution < -0.4 is 5.73 Å². The standard InChI is InChI=1S/C11H19N3/c12-6-3-8-14-9-7-13-11(14)10-4-1-2-5-10/h7,9-10H,1-6,8,12H2. The van der Waals surface area contributed by atoms with Crippen molar-refractivity contribution in [1.82, 2.24) is 9.55 Å². The summed E-state index contributed by atoms with van der Waals surface area (Å²) in [5, 5.41) is 0. The van der Waals surface area contributed by atoms with E-state index in [1.807, 2.05) is 6.20 Å². The monoisotopic (exact) mass is 193 g/mol. The average molecular weight is 193 g/mol. The van der Waals surface area contributed by atoms with E-state index < -0.39 is 0 Å². The molecule has 1 saturated carbocycles. The van der Waals surface area contributed by atoms with E-state index in [2.05, 4.69) is 15.7 Å². The molecule has 0 atom stereocenters. The van der Waals surface area contributed by atoms with Crippen LogP contribution in [0.1, 0.15) is 43.8 Å². The maximum atomic E-state index is 5.51. The van der Waals surface area contributed by atoms with Gasteiger partial charge in [-0.3, -0.25) is 0 Å². The molecule has 0 unspecified atom stereocenters. The molecule has 3 heteroatoms. The Balaban J connectivity index is 2.04. The summed E-state index contributed by atoms with van der Waals surface area (Å²) in [6, 6.07) is 0. The van der Waals surface area contributed by atoms with E-state index in [1.54, 1.807) is 0 Å². The van der Waals surface area contributed by atoms with E-state index in [1.165, 1.54) is 31.5 Å². The SMILES string of the molecule is NCCCn1ccnc1C1CCCC1. The fraction of sp³-hybridized carbons (Fsp3) is 0.727. The van der Waals surface area contributed by atoms with Crippen LogP contribution in [0.2, 0.25) is 0 Å². The molecule has 1 aromatic rings. The second-order valence-electron chi connectivity index (χ2n) is 4.10. The van der Waals surface area contributed by atoms with Crippen molar-refractivity contribution < 1.29 is 0 Å². The quantitative estimate of drug-likeness (QED) is 0.793. The Bertz CT molecular complexity index is 274. The van der Waals surface area contributed by atoms with Crippen LogP contribution in [0, 0.1) is 0 Å². The van der Waals surface area contributed by atoms with Gasteiger partial charge < -0.3 is 10.3 Å². The zero-order chi connectivity index (χ0) is 9.80. The van der Waals surface area contributed by atoms with Gasteiger partial charge in [0.25, 0.3) is 0 Å². The molecular formula is C11H19N3. The highest BCUT2D eigenvalue weighted by molar-refractivity contribution is 5.02. The summed E-state index contributed by atoms with van der Waals surface area (Å²) in [6.07, 6.45) is 10.4. The van der Waals surface area contributed by atoms with Crippen LogP contribution in [0.3, 0.4) is 0 Å². The van der Waals surface area contributed by atoms with Crippen molar-refractivity contribution in [1.29, 1.82) is 0 Å². The molecule has 0 bridgehead atoms. The van der Waals surface area contributed by atoms with Crippen LogP contribution >= 0.6 is 0 Å². The highest BCUT2D eigenvalue weighted by Crippen LogP contribution is 2.32. The van der Waals surface area contributed by atoms with Gasteiger partial charge >= 0.3 is 0 Å². The number of aromatic nitrogens is 2. The van der Waals surface area contributed by atoms with Gasteiger partial charge in [-0.1, -0.05) is 12.8 Å². The average Bonchev–Trinajstić information content (AvgIpc) is 2.84. The Labute approximate surface area is 85.3 Å². The molecule has 0 aliphatic heterocycles. The molecule has 2 rings (SSSR count). The lowest BCUT2D eigenvalue weighted by Crippen LogP contribution is -2.10. The molecule has 0 amide bonds. The summed E-state index contributed by atoms with van der Waals surface area (Å²) in [5.41, 5.74) is 5.51. The molecule has 0 spiro atoms. The Morgan fingerprint density at radius 2 is 2.21 bits per heavy atom. The Morgan fingerprint density at radius 3 is 2.93 bits per heavy atom. The molecule has 2 N–H and O–H groups in total. The fourth-order valence-corrected chi connectivity index (χ4v) is 2.32. The summed E-state index contributed by atoms with van der Waals surface area (Å²) >= 11 is 0. The van der Waals surface area contributed by atoms with Crippen molar-refractivity contribution in [2.24, 2.45) is 5.73 Å². The molecule has 78 valence electrons. The van der Waals surface area contributed by atoms with Crippen molar-refractivity contribution in [3.8, 4) is 0 Å². The third-order valence-electron chi connectivity index (χ3n) is 3.07. The summed E-state index contributed by atoms with van der Waals surface area (Å²) in [7, 11) is 0. The highest BCUT2D eigenvalue weighted by atomic mass is 15.1. The highest BCUT2D eigenvalue weighted by Gasteiger charge is 2.20. The largest absolute Gasteiger partial charge is 0.335 e. The molecule has 1 heterocycles. The van der Waals surface area contributed by atoms with E-state index in [4.69, 9.17) is 5.73 Å². The number of hydrogen-bond donors (Lipinski definition) is 1. The van der Waals surface area contributed by atoms with Crippen LogP contribution in [-0.2, 0) is 6.54 Å². The van der Waals surface area contributed by atoms with Gasteiger partial charge in [-0.05, 0) is 25.8 Å². The van der Waals surface area contributed by atoms with Crippen LogP contribution in [0.15, 0.2) is 12.4 Å². The van der Waals surface area contributed by atoms with Crippen LogP contribution in [0.5, 0.6) is 0 Å². The molecule has 1 fully saturated rings. The number of nitrogens with zero attached hydrogens (tertiary/aromatic N) is 2. The van der Waals surface area contributed by atoms with Gasteiger partial charge in [0, 0.05) is 24.9 Å². The first-order valence-corrected chi connectivity index (χ1v) is 5.63. The van der Waals surface area contributed by atoms with Gasteiger partial charge in [-0.15, -0.1) is 0 Å². The topological polar surface area (TPSA) is 43.8 Å². The number of imidazole rings is 1. The first kappa shape index (κ1) is 9.71. The van der Waals surface area contributed by atoms with Crippen molar-refractivity contribution >= 4 is 0 Å². The van der Waals surface area contributed by atoms with Gasteiger partial charge in [0.15, 0.2) is 0 Å². The minimum Gasteiger partial charge on any atom is -0.335 e. The maximum Gasteiger partial charge on any atom is 0.111 e. The molecule has 0 radical (unpaired) electrons. The third-order valence-corrected chi connectivity index (χ3v) is 3.07. The molecule has 0 aromatic carbocycles.